The fourth-order valence-corrected chi connectivity index (χ4v) is 1.90. The molecule has 1 saturated heterocycles. The van der Waals surface area contributed by atoms with Crippen LogP contribution < -0.4 is 15.4 Å². The summed E-state index contributed by atoms with van der Waals surface area (Å²) in [6.07, 6.45) is 2.64. The van der Waals surface area contributed by atoms with Crippen molar-refractivity contribution in [2.45, 2.75) is 18.9 Å². The molecule has 7 heteroatoms. The molecule has 1 amide bonds. The topological polar surface area (TPSA) is 76.1 Å². The third-order valence-electron chi connectivity index (χ3n) is 2.57. The van der Waals surface area contributed by atoms with E-state index in [1.54, 1.807) is 0 Å². The van der Waals surface area contributed by atoms with E-state index >= 15 is 0 Å². The number of piperidine rings is 1. The second kappa shape index (κ2) is 5.18. The second-order valence-electron chi connectivity index (χ2n) is 3.73. The van der Waals surface area contributed by atoms with Crippen molar-refractivity contribution in [3.63, 3.8) is 0 Å². The van der Waals surface area contributed by atoms with Gasteiger partial charge in [0.2, 0.25) is 5.91 Å². The van der Waals surface area contributed by atoms with Gasteiger partial charge in [0, 0.05) is 19.0 Å². The molecule has 0 saturated carbocycles. The number of rotatable bonds is 3. The molecule has 1 aliphatic rings. The number of aromatic nitrogens is 2. The van der Waals surface area contributed by atoms with Gasteiger partial charge in [0.25, 0.3) is 0 Å². The molecule has 0 radical (unpaired) electrons. The van der Waals surface area contributed by atoms with Gasteiger partial charge in [-0.15, -0.1) is 0 Å². The average molecular weight is 257 g/mol. The summed E-state index contributed by atoms with van der Waals surface area (Å²) >= 11 is 5.88. The van der Waals surface area contributed by atoms with E-state index in [0.717, 1.165) is 6.42 Å². The number of ether oxygens (including phenoxy) is 1. The van der Waals surface area contributed by atoms with Gasteiger partial charge in [-0.05, 0) is 6.42 Å². The molecule has 1 fully saturated rings. The summed E-state index contributed by atoms with van der Waals surface area (Å²) in [6, 6.07) is 0.132. The van der Waals surface area contributed by atoms with Crippen LogP contribution in [0, 0.1) is 0 Å². The SMILES string of the molecule is COc1c(Cl)ncnc1NC1CCC(=O)NC1. The van der Waals surface area contributed by atoms with E-state index in [0.29, 0.717) is 24.5 Å². The summed E-state index contributed by atoms with van der Waals surface area (Å²) in [5.41, 5.74) is 0. The first kappa shape index (κ1) is 11.9. The van der Waals surface area contributed by atoms with Gasteiger partial charge < -0.3 is 15.4 Å². The Kier molecular flexibility index (Phi) is 3.63. The highest BCUT2D eigenvalue weighted by Gasteiger charge is 2.20. The molecule has 2 N–H and O–H groups in total. The lowest BCUT2D eigenvalue weighted by Gasteiger charge is -2.24. The second-order valence-corrected chi connectivity index (χ2v) is 4.09. The standard InChI is InChI=1S/C10H13ClN4O2/c1-17-8-9(11)13-5-14-10(8)15-6-2-3-7(16)12-4-6/h5-6H,2-4H2,1H3,(H,12,16)(H,13,14,15). The van der Waals surface area contributed by atoms with Crippen LogP contribution in [0.15, 0.2) is 6.33 Å². The van der Waals surface area contributed by atoms with E-state index in [1.807, 2.05) is 0 Å². The van der Waals surface area contributed by atoms with Gasteiger partial charge in [-0.3, -0.25) is 4.79 Å². The minimum Gasteiger partial charge on any atom is -0.490 e. The first-order valence-corrected chi connectivity index (χ1v) is 5.66. The zero-order chi connectivity index (χ0) is 12.3. The molecule has 1 unspecified atom stereocenters. The lowest BCUT2D eigenvalue weighted by Crippen LogP contribution is -2.42. The largest absolute Gasteiger partial charge is 0.490 e. The Labute approximate surface area is 104 Å². The van der Waals surface area contributed by atoms with E-state index in [2.05, 4.69) is 20.6 Å². The number of carbonyl (C=O) groups excluding carboxylic acids is 1. The van der Waals surface area contributed by atoms with E-state index in [-0.39, 0.29) is 17.1 Å². The minimum absolute atomic E-state index is 0.0794. The maximum atomic E-state index is 11.0. The van der Waals surface area contributed by atoms with E-state index in [4.69, 9.17) is 16.3 Å². The number of hydrogen-bond donors (Lipinski definition) is 2. The molecule has 17 heavy (non-hydrogen) atoms. The molecule has 6 nitrogen and oxygen atoms in total. The number of nitrogens with zero attached hydrogens (tertiary/aromatic N) is 2. The van der Waals surface area contributed by atoms with Crippen LogP contribution in [-0.2, 0) is 4.79 Å². The number of anilines is 1. The van der Waals surface area contributed by atoms with Crippen LogP contribution >= 0.6 is 11.6 Å². The van der Waals surface area contributed by atoms with Crippen LogP contribution in [0.2, 0.25) is 5.15 Å². The average Bonchev–Trinajstić information content (AvgIpc) is 2.32. The summed E-state index contributed by atoms with van der Waals surface area (Å²) in [5, 5.41) is 6.24. The third kappa shape index (κ3) is 2.76. The van der Waals surface area contributed by atoms with Crippen LogP contribution in [0.1, 0.15) is 12.8 Å². The molecule has 0 aliphatic carbocycles. The molecule has 1 aliphatic heterocycles. The lowest BCUT2D eigenvalue weighted by molar-refractivity contribution is -0.122. The van der Waals surface area contributed by atoms with Crippen molar-refractivity contribution in [2.24, 2.45) is 0 Å². The molecule has 92 valence electrons. The van der Waals surface area contributed by atoms with Gasteiger partial charge in [0.15, 0.2) is 16.7 Å². The number of nitrogens with one attached hydrogen (secondary N) is 2. The zero-order valence-electron chi connectivity index (χ0n) is 9.36. The van der Waals surface area contributed by atoms with E-state index in [9.17, 15) is 4.79 Å². The number of hydrogen-bond acceptors (Lipinski definition) is 5. The highest BCUT2D eigenvalue weighted by atomic mass is 35.5. The van der Waals surface area contributed by atoms with Crippen LogP contribution in [0.3, 0.4) is 0 Å². The maximum Gasteiger partial charge on any atom is 0.220 e. The van der Waals surface area contributed by atoms with Crippen molar-refractivity contribution in [3.05, 3.63) is 11.5 Å². The molecule has 1 atom stereocenters. The first-order valence-electron chi connectivity index (χ1n) is 5.28. The van der Waals surface area contributed by atoms with E-state index in [1.165, 1.54) is 13.4 Å². The normalized spacial score (nSPS) is 19.6. The van der Waals surface area contributed by atoms with Gasteiger partial charge in [-0.1, -0.05) is 11.6 Å². The Hall–Kier alpha value is -1.56. The maximum absolute atomic E-state index is 11.0. The Morgan fingerprint density at radius 2 is 2.41 bits per heavy atom. The number of halogens is 1. The van der Waals surface area contributed by atoms with Crippen LogP contribution in [0.4, 0.5) is 5.82 Å². The summed E-state index contributed by atoms with van der Waals surface area (Å²) in [7, 11) is 1.51. The molecule has 2 heterocycles. The lowest BCUT2D eigenvalue weighted by atomic mass is 10.1. The fraction of sp³-hybridized carbons (Fsp3) is 0.500. The summed E-state index contributed by atoms with van der Waals surface area (Å²) in [4.78, 5) is 18.9. The molecule has 0 spiro atoms. The third-order valence-corrected chi connectivity index (χ3v) is 2.84. The molecule has 1 aromatic rings. The van der Waals surface area contributed by atoms with Crippen molar-refractivity contribution in [2.75, 3.05) is 19.0 Å². The van der Waals surface area contributed by atoms with E-state index < -0.39 is 0 Å². The monoisotopic (exact) mass is 256 g/mol. The number of methoxy groups -OCH3 is 1. The molecule has 2 rings (SSSR count). The smallest absolute Gasteiger partial charge is 0.220 e. The van der Waals surface area contributed by atoms with Crippen LogP contribution in [-0.4, -0.2) is 35.6 Å². The van der Waals surface area contributed by atoms with Crippen molar-refractivity contribution in [1.29, 1.82) is 0 Å². The Balaban J connectivity index is 2.08. The van der Waals surface area contributed by atoms with Crippen molar-refractivity contribution in [3.8, 4) is 5.75 Å². The van der Waals surface area contributed by atoms with Gasteiger partial charge in [0.1, 0.15) is 6.33 Å². The molecule has 1 aromatic heterocycles. The highest BCUT2D eigenvalue weighted by molar-refractivity contribution is 6.31. The Morgan fingerprint density at radius 1 is 1.59 bits per heavy atom. The zero-order valence-corrected chi connectivity index (χ0v) is 10.1. The van der Waals surface area contributed by atoms with Crippen molar-refractivity contribution >= 4 is 23.3 Å². The van der Waals surface area contributed by atoms with Gasteiger partial charge in [0.05, 0.1) is 7.11 Å². The summed E-state index contributed by atoms with van der Waals surface area (Å²) < 4.78 is 5.13. The predicted octanol–water partition coefficient (Wildman–Crippen LogP) is 0.829. The first-order chi connectivity index (χ1) is 8.20. The minimum atomic E-state index is 0.0794. The fourth-order valence-electron chi connectivity index (χ4n) is 1.69. The number of amides is 1. The van der Waals surface area contributed by atoms with Crippen molar-refractivity contribution < 1.29 is 9.53 Å². The van der Waals surface area contributed by atoms with Crippen molar-refractivity contribution in [1.82, 2.24) is 15.3 Å². The number of carbonyl (C=O) groups is 1. The van der Waals surface area contributed by atoms with Gasteiger partial charge in [-0.25, -0.2) is 9.97 Å². The molecule has 0 bridgehead atoms. The Bertz CT molecular complexity index is 417. The summed E-state index contributed by atoms with van der Waals surface area (Å²) in [5.74, 6) is 1.05. The molecule has 0 aromatic carbocycles. The summed E-state index contributed by atoms with van der Waals surface area (Å²) in [6.45, 7) is 0.573. The van der Waals surface area contributed by atoms with Gasteiger partial charge in [-0.2, -0.15) is 0 Å². The van der Waals surface area contributed by atoms with Gasteiger partial charge >= 0.3 is 0 Å². The molecular formula is C10H13ClN4O2. The molecular weight excluding hydrogens is 244 g/mol. The Morgan fingerprint density at radius 3 is 3.06 bits per heavy atom. The van der Waals surface area contributed by atoms with Crippen LogP contribution in [0.5, 0.6) is 5.75 Å². The quantitative estimate of drug-likeness (QED) is 0.784. The predicted molar refractivity (Wildman–Crippen MR) is 63.2 cm³/mol. The van der Waals surface area contributed by atoms with Crippen LogP contribution in [0.25, 0.3) is 0 Å². The highest BCUT2D eigenvalue weighted by Crippen LogP contribution is 2.29.